The van der Waals surface area contributed by atoms with Gasteiger partial charge in [-0.15, -0.1) is 0 Å². The van der Waals surface area contributed by atoms with Gasteiger partial charge in [-0.25, -0.2) is 0 Å². The molecule has 0 saturated heterocycles. The first-order valence-electron chi connectivity index (χ1n) is 4.80. The Kier molecular flexibility index (Phi) is 6.52. The fourth-order valence-electron chi connectivity index (χ4n) is 1.14. The minimum absolute atomic E-state index is 0.103. The second-order valence-corrected chi connectivity index (χ2v) is 4.93. The molecule has 0 amide bonds. The van der Waals surface area contributed by atoms with Crippen molar-refractivity contribution in [3.63, 3.8) is 0 Å². The van der Waals surface area contributed by atoms with Crippen molar-refractivity contribution in [1.82, 2.24) is 0 Å². The predicted molar refractivity (Wildman–Crippen MR) is 56.0 cm³/mol. The molecule has 2 atom stereocenters. The van der Waals surface area contributed by atoms with Crippen molar-refractivity contribution < 1.29 is 18.1 Å². The monoisotopic (exact) mass is 224 g/mol. The van der Waals surface area contributed by atoms with Crippen LogP contribution in [0.15, 0.2) is 0 Å². The Hall–Kier alpha value is 0.0300. The normalized spacial score (nSPS) is 18.1. The Morgan fingerprint density at radius 2 is 2.07 bits per heavy atom. The van der Waals surface area contributed by atoms with E-state index in [-0.39, 0.29) is 6.61 Å². The van der Waals surface area contributed by atoms with Crippen molar-refractivity contribution in [2.45, 2.75) is 45.6 Å². The summed E-state index contributed by atoms with van der Waals surface area (Å²) in [7, 11) is 0. The van der Waals surface area contributed by atoms with Gasteiger partial charge in [0.15, 0.2) is 0 Å². The third-order valence-electron chi connectivity index (χ3n) is 1.97. The van der Waals surface area contributed by atoms with E-state index in [1.54, 1.807) is 6.92 Å². The molecule has 0 bridgehead atoms. The van der Waals surface area contributed by atoms with Crippen molar-refractivity contribution in [2.75, 3.05) is 6.61 Å². The third-order valence-corrected chi connectivity index (χ3v) is 2.29. The molecule has 0 aliphatic heterocycles. The van der Waals surface area contributed by atoms with Gasteiger partial charge in [0, 0.05) is 0 Å². The number of aliphatic hydroxyl groups is 1. The van der Waals surface area contributed by atoms with Crippen molar-refractivity contribution in [2.24, 2.45) is 5.92 Å². The van der Waals surface area contributed by atoms with Gasteiger partial charge in [-0.1, -0.05) is 26.7 Å². The zero-order valence-corrected chi connectivity index (χ0v) is 9.84. The standard InChI is InChI=1S/C9H20O4S/c1-8(2)5-4-6-9(3,10)7-13-14(11)12/h8,10H,4-7H2,1-3H3,(H,11,12). The second-order valence-electron chi connectivity index (χ2n) is 4.26. The summed E-state index contributed by atoms with van der Waals surface area (Å²) in [6.07, 6.45) is 2.52. The molecule has 2 unspecified atom stereocenters. The smallest absolute Gasteiger partial charge is 0.301 e. The van der Waals surface area contributed by atoms with Gasteiger partial charge in [0.05, 0.1) is 12.2 Å². The first kappa shape index (κ1) is 14.0. The van der Waals surface area contributed by atoms with E-state index in [9.17, 15) is 9.32 Å². The lowest BCUT2D eigenvalue weighted by Gasteiger charge is -2.22. The molecule has 4 nitrogen and oxygen atoms in total. The highest BCUT2D eigenvalue weighted by Gasteiger charge is 2.21. The first-order chi connectivity index (χ1) is 6.33. The van der Waals surface area contributed by atoms with Gasteiger partial charge in [-0.05, 0) is 19.3 Å². The van der Waals surface area contributed by atoms with E-state index in [4.69, 9.17) is 4.55 Å². The fraction of sp³-hybridized carbons (Fsp3) is 1.00. The van der Waals surface area contributed by atoms with E-state index in [2.05, 4.69) is 18.0 Å². The van der Waals surface area contributed by atoms with Gasteiger partial charge < -0.3 is 5.11 Å². The van der Waals surface area contributed by atoms with Gasteiger partial charge in [0.25, 0.3) is 0 Å². The molecule has 0 aromatic rings. The maximum absolute atomic E-state index is 10.2. The van der Waals surface area contributed by atoms with Crippen LogP contribution < -0.4 is 0 Å². The molecule has 0 aliphatic rings. The summed E-state index contributed by atoms with van der Waals surface area (Å²) in [5.74, 6) is 0.610. The first-order valence-corrected chi connectivity index (χ1v) is 5.83. The largest absolute Gasteiger partial charge is 0.388 e. The molecule has 0 aromatic heterocycles. The Morgan fingerprint density at radius 1 is 1.50 bits per heavy atom. The van der Waals surface area contributed by atoms with E-state index in [1.807, 2.05) is 0 Å². The number of hydrogen-bond donors (Lipinski definition) is 2. The van der Waals surface area contributed by atoms with E-state index < -0.39 is 17.0 Å². The minimum atomic E-state index is -2.29. The highest BCUT2D eigenvalue weighted by atomic mass is 32.2. The van der Waals surface area contributed by atoms with E-state index in [0.29, 0.717) is 12.3 Å². The summed E-state index contributed by atoms with van der Waals surface area (Å²) in [5, 5.41) is 9.71. The lowest BCUT2D eigenvalue weighted by Crippen LogP contribution is -2.31. The maximum Gasteiger partial charge on any atom is 0.301 e. The zero-order chi connectivity index (χ0) is 11.2. The zero-order valence-electron chi connectivity index (χ0n) is 9.02. The van der Waals surface area contributed by atoms with Crippen LogP contribution in [0.5, 0.6) is 0 Å². The van der Waals surface area contributed by atoms with Gasteiger partial charge in [-0.2, -0.15) is 4.21 Å². The van der Waals surface area contributed by atoms with Crippen LogP contribution in [0.4, 0.5) is 0 Å². The summed E-state index contributed by atoms with van der Waals surface area (Å²) in [6, 6.07) is 0. The van der Waals surface area contributed by atoms with Crippen LogP contribution in [0, 0.1) is 5.92 Å². The second kappa shape index (κ2) is 6.50. The van der Waals surface area contributed by atoms with Crippen molar-refractivity contribution in [3.05, 3.63) is 0 Å². The molecule has 5 heteroatoms. The van der Waals surface area contributed by atoms with Crippen LogP contribution in [0.25, 0.3) is 0 Å². The highest BCUT2D eigenvalue weighted by molar-refractivity contribution is 7.74. The molecule has 0 radical (unpaired) electrons. The van der Waals surface area contributed by atoms with Gasteiger partial charge in [0.1, 0.15) is 0 Å². The topological polar surface area (TPSA) is 66.8 Å². The summed E-state index contributed by atoms with van der Waals surface area (Å²) < 4.78 is 23.0. The van der Waals surface area contributed by atoms with Crippen LogP contribution >= 0.6 is 0 Å². The molecule has 0 spiro atoms. The van der Waals surface area contributed by atoms with Gasteiger partial charge in [-0.3, -0.25) is 8.74 Å². The van der Waals surface area contributed by atoms with Crippen LogP contribution in [0.3, 0.4) is 0 Å². The molecule has 0 saturated carbocycles. The van der Waals surface area contributed by atoms with Gasteiger partial charge >= 0.3 is 11.4 Å². The Bertz CT molecular complexity index is 180. The van der Waals surface area contributed by atoms with E-state index in [0.717, 1.165) is 12.8 Å². The predicted octanol–water partition coefficient (Wildman–Crippen LogP) is 1.72. The lowest BCUT2D eigenvalue weighted by molar-refractivity contribution is 0.00332. The Morgan fingerprint density at radius 3 is 2.50 bits per heavy atom. The average Bonchev–Trinajstić information content (AvgIpc) is 2.00. The van der Waals surface area contributed by atoms with E-state index >= 15 is 0 Å². The molecular weight excluding hydrogens is 204 g/mol. The summed E-state index contributed by atoms with van der Waals surface area (Å²) >= 11 is -2.29. The Balaban J connectivity index is 3.66. The molecule has 0 fully saturated rings. The summed E-state index contributed by atoms with van der Waals surface area (Å²) in [6.45, 7) is 5.75. The number of hydrogen-bond acceptors (Lipinski definition) is 3. The fourth-order valence-corrected chi connectivity index (χ4v) is 1.50. The minimum Gasteiger partial charge on any atom is -0.388 e. The molecule has 0 aromatic carbocycles. The van der Waals surface area contributed by atoms with Crippen molar-refractivity contribution in [3.8, 4) is 0 Å². The summed E-state index contributed by atoms with van der Waals surface area (Å²) in [4.78, 5) is 0. The van der Waals surface area contributed by atoms with Crippen molar-refractivity contribution >= 4 is 11.4 Å². The van der Waals surface area contributed by atoms with Crippen LogP contribution in [0.1, 0.15) is 40.0 Å². The summed E-state index contributed by atoms with van der Waals surface area (Å²) in [5.41, 5.74) is -1.01. The maximum atomic E-state index is 10.2. The lowest BCUT2D eigenvalue weighted by atomic mass is 9.97. The van der Waals surface area contributed by atoms with E-state index in [1.165, 1.54) is 0 Å². The van der Waals surface area contributed by atoms with Gasteiger partial charge in [0.2, 0.25) is 0 Å². The molecule has 0 aliphatic carbocycles. The molecule has 0 rings (SSSR count). The average molecular weight is 224 g/mol. The van der Waals surface area contributed by atoms with Crippen LogP contribution in [-0.4, -0.2) is 26.1 Å². The molecule has 2 N–H and O–H groups in total. The molecule has 0 heterocycles. The van der Waals surface area contributed by atoms with Crippen molar-refractivity contribution in [1.29, 1.82) is 0 Å². The highest BCUT2D eigenvalue weighted by Crippen LogP contribution is 2.16. The van der Waals surface area contributed by atoms with Crippen LogP contribution in [-0.2, 0) is 15.5 Å². The quantitative estimate of drug-likeness (QED) is 0.646. The SMILES string of the molecule is CC(C)CCCC(C)(O)COS(=O)O. The third kappa shape index (κ3) is 8.62. The van der Waals surface area contributed by atoms with Crippen LogP contribution in [0.2, 0.25) is 0 Å². The molecule has 14 heavy (non-hydrogen) atoms. The molecular formula is C9H20O4S. The Labute approximate surface area is 88.2 Å². The molecule has 86 valence electrons. The number of rotatable bonds is 7.